The van der Waals surface area contributed by atoms with E-state index in [2.05, 4.69) is 4.98 Å². The summed E-state index contributed by atoms with van der Waals surface area (Å²) in [6, 6.07) is 24.4. The number of esters is 1. The van der Waals surface area contributed by atoms with Crippen molar-refractivity contribution in [1.29, 1.82) is 0 Å². The van der Waals surface area contributed by atoms with Crippen LogP contribution >= 0.6 is 0 Å². The minimum Gasteiger partial charge on any atom is -0.486 e. The summed E-state index contributed by atoms with van der Waals surface area (Å²) in [7, 11) is 1.69. The van der Waals surface area contributed by atoms with Gasteiger partial charge < -0.3 is 14.2 Å². The molecule has 0 saturated carbocycles. The molecule has 0 amide bonds. The Morgan fingerprint density at radius 2 is 1.63 bits per heavy atom. The molecule has 180 valence electrons. The smallest absolute Gasteiger partial charge is 0.335 e. The summed E-state index contributed by atoms with van der Waals surface area (Å²) >= 11 is 0. The predicted octanol–water partition coefficient (Wildman–Crippen LogP) is 4.20. The molecule has 35 heavy (non-hydrogen) atoms. The van der Waals surface area contributed by atoms with Gasteiger partial charge in [-0.25, -0.2) is 9.78 Å². The van der Waals surface area contributed by atoms with Gasteiger partial charge in [-0.2, -0.15) is 0 Å². The molecule has 7 heteroatoms. The Morgan fingerprint density at radius 3 is 2.37 bits per heavy atom. The van der Waals surface area contributed by atoms with Gasteiger partial charge in [-0.15, -0.1) is 0 Å². The molecule has 0 radical (unpaired) electrons. The molecule has 0 saturated heterocycles. The van der Waals surface area contributed by atoms with E-state index < -0.39 is 6.10 Å². The van der Waals surface area contributed by atoms with Crippen LogP contribution in [0.3, 0.4) is 0 Å². The molecule has 1 unspecified atom stereocenters. The molecule has 0 spiro atoms. The van der Waals surface area contributed by atoms with E-state index in [0.29, 0.717) is 42.1 Å². The molecular weight excluding hydrogens is 444 g/mol. The van der Waals surface area contributed by atoms with E-state index in [1.807, 2.05) is 72.8 Å². The standard InChI is InChI=1S/C28H28N2O5/c1-3-33-28(32)25(35-18-21-9-5-4-6-10-21)17-20-13-15-22(16-14-20)34-19-26-29-24-12-8-7-11-23(24)27(31)30(26)2/h4-16,25H,3,17-19H2,1-2H3. The van der Waals surface area contributed by atoms with E-state index in [-0.39, 0.29) is 18.1 Å². The first-order valence-electron chi connectivity index (χ1n) is 11.5. The largest absolute Gasteiger partial charge is 0.486 e. The summed E-state index contributed by atoms with van der Waals surface area (Å²) in [5.74, 6) is 0.788. The monoisotopic (exact) mass is 472 g/mol. The molecule has 0 aliphatic carbocycles. The van der Waals surface area contributed by atoms with Crippen molar-refractivity contribution in [3.63, 3.8) is 0 Å². The first kappa shape index (κ1) is 24.2. The highest BCUT2D eigenvalue weighted by Crippen LogP contribution is 2.17. The normalized spacial score (nSPS) is 11.8. The van der Waals surface area contributed by atoms with Crippen molar-refractivity contribution >= 4 is 16.9 Å². The van der Waals surface area contributed by atoms with Gasteiger partial charge in [0.2, 0.25) is 0 Å². The van der Waals surface area contributed by atoms with E-state index in [9.17, 15) is 9.59 Å². The fraction of sp³-hybridized carbons (Fsp3) is 0.250. The average molecular weight is 473 g/mol. The van der Waals surface area contributed by atoms with Crippen LogP contribution in [0.2, 0.25) is 0 Å². The number of benzene rings is 3. The molecule has 0 bridgehead atoms. The second kappa shape index (κ2) is 11.4. The van der Waals surface area contributed by atoms with Crippen LogP contribution in [0.5, 0.6) is 5.75 Å². The van der Waals surface area contributed by atoms with Crippen molar-refractivity contribution in [2.45, 2.75) is 32.7 Å². The fourth-order valence-corrected chi connectivity index (χ4v) is 3.69. The number of para-hydroxylation sites is 1. The number of ether oxygens (including phenoxy) is 3. The van der Waals surface area contributed by atoms with Crippen LogP contribution in [0, 0.1) is 0 Å². The summed E-state index contributed by atoms with van der Waals surface area (Å²) in [5, 5.41) is 0.578. The fourth-order valence-electron chi connectivity index (χ4n) is 3.69. The minimum atomic E-state index is -0.710. The number of fused-ring (bicyclic) bond motifs is 1. The molecule has 4 aromatic rings. The summed E-state index contributed by atoms with van der Waals surface area (Å²) in [5.41, 5.74) is 2.44. The summed E-state index contributed by atoms with van der Waals surface area (Å²) in [6.45, 7) is 2.55. The van der Waals surface area contributed by atoms with Crippen LogP contribution in [0.15, 0.2) is 83.7 Å². The number of nitrogens with zero attached hydrogens (tertiary/aromatic N) is 2. The Morgan fingerprint density at radius 1 is 0.914 bits per heavy atom. The predicted molar refractivity (Wildman–Crippen MR) is 133 cm³/mol. The molecule has 1 heterocycles. The lowest BCUT2D eigenvalue weighted by Crippen LogP contribution is -2.28. The minimum absolute atomic E-state index is 0.106. The van der Waals surface area contributed by atoms with Gasteiger partial charge in [0, 0.05) is 13.5 Å². The number of hydrogen-bond donors (Lipinski definition) is 0. The Hall–Kier alpha value is -3.97. The first-order chi connectivity index (χ1) is 17.0. The molecule has 4 rings (SSSR count). The molecular formula is C28H28N2O5. The lowest BCUT2D eigenvalue weighted by molar-refractivity contribution is -0.157. The summed E-state index contributed by atoms with van der Waals surface area (Å²) < 4.78 is 18.5. The van der Waals surface area contributed by atoms with Crippen molar-refractivity contribution in [1.82, 2.24) is 9.55 Å². The number of aromatic nitrogens is 2. The lowest BCUT2D eigenvalue weighted by Gasteiger charge is -2.17. The van der Waals surface area contributed by atoms with Crippen molar-refractivity contribution in [3.05, 3.63) is 106 Å². The number of carbonyl (C=O) groups is 1. The topological polar surface area (TPSA) is 79.7 Å². The summed E-state index contributed by atoms with van der Waals surface area (Å²) in [4.78, 5) is 29.6. The van der Waals surface area contributed by atoms with Gasteiger partial charge in [-0.1, -0.05) is 54.6 Å². The molecule has 0 aliphatic heterocycles. The van der Waals surface area contributed by atoms with Crippen LogP contribution in [0.1, 0.15) is 23.9 Å². The zero-order valence-corrected chi connectivity index (χ0v) is 19.8. The Bertz CT molecular complexity index is 1330. The highest BCUT2D eigenvalue weighted by atomic mass is 16.6. The molecule has 0 aliphatic rings. The van der Waals surface area contributed by atoms with Crippen molar-refractivity contribution < 1.29 is 19.0 Å². The van der Waals surface area contributed by atoms with Crippen LogP contribution in [0.25, 0.3) is 10.9 Å². The van der Waals surface area contributed by atoms with E-state index in [4.69, 9.17) is 14.2 Å². The number of rotatable bonds is 10. The third kappa shape index (κ3) is 6.13. The highest BCUT2D eigenvalue weighted by Gasteiger charge is 2.21. The van der Waals surface area contributed by atoms with Gasteiger partial charge in [0.1, 0.15) is 18.2 Å². The lowest BCUT2D eigenvalue weighted by atomic mass is 10.1. The van der Waals surface area contributed by atoms with Crippen molar-refractivity contribution in [2.24, 2.45) is 7.05 Å². The first-order valence-corrected chi connectivity index (χ1v) is 11.5. The average Bonchev–Trinajstić information content (AvgIpc) is 2.89. The quantitative estimate of drug-likeness (QED) is 0.322. The van der Waals surface area contributed by atoms with Crippen LogP contribution in [-0.2, 0) is 41.0 Å². The second-order valence-corrected chi connectivity index (χ2v) is 8.08. The van der Waals surface area contributed by atoms with Gasteiger partial charge in [0.05, 0.1) is 24.1 Å². The molecule has 3 aromatic carbocycles. The van der Waals surface area contributed by atoms with Crippen LogP contribution in [-0.4, -0.2) is 28.2 Å². The Balaban J connectivity index is 1.40. The van der Waals surface area contributed by atoms with Crippen LogP contribution < -0.4 is 10.3 Å². The van der Waals surface area contributed by atoms with Crippen molar-refractivity contribution in [2.75, 3.05) is 6.61 Å². The van der Waals surface area contributed by atoms with Gasteiger partial charge in [0.15, 0.2) is 6.10 Å². The third-order valence-electron chi connectivity index (χ3n) is 5.63. The molecule has 1 atom stereocenters. The van der Waals surface area contributed by atoms with Gasteiger partial charge >= 0.3 is 5.97 Å². The summed E-state index contributed by atoms with van der Waals surface area (Å²) in [6.07, 6.45) is -0.328. The van der Waals surface area contributed by atoms with E-state index >= 15 is 0 Å². The molecule has 0 fully saturated rings. The van der Waals surface area contributed by atoms with Gasteiger partial charge in [-0.05, 0) is 42.3 Å². The van der Waals surface area contributed by atoms with E-state index in [1.54, 1.807) is 20.0 Å². The van der Waals surface area contributed by atoms with E-state index in [0.717, 1.165) is 11.1 Å². The number of carbonyl (C=O) groups excluding carboxylic acids is 1. The molecule has 7 nitrogen and oxygen atoms in total. The highest BCUT2D eigenvalue weighted by molar-refractivity contribution is 5.77. The third-order valence-corrected chi connectivity index (χ3v) is 5.63. The second-order valence-electron chi connectivity index (χ2n) is 8.08. The maximum atomic E-state index is 12.6. The van der Waals surface area contributed by atoms with Crippen LogP contribution in [0.4, 0.5) is 0 Å². The molecule has 1 aromatic heterocycles. The van der Waals surface area contributed by atoms with Gasteiger partial charge in [0.25, 0.3) is 5.56 Å². The Kier molecular flexibility index (Phi) is 7.90. The maximum absolute atomic E-state index is 12.6. The Labute approximate surface area is 203 Å². The molecule has 0 N–H and O–H groups in total. The van der Waals surface area contributed by atoms with Gasteiger partial charge in [-0.3, -0.25) is 9.36 Å². The van der Waals surface area contributed by atoms with Crippen molar-refractivity contribution in [3.8, 4) is 5.75 Å². The number of hydrogen-bond acceptors (Lipinski definition) is 6. The maximum Gasteiger partial charge on any atom is 0.335 e. The zero-order chi connectivity index (χ0) is 24.6. The van der Waals surface area contributed by atoms with E-state index in [1.165, 1.54) is 4.57 Å². The SMILES string of the molecule is CCOC(=O)C(Cc1ccc(OCc2nc3ccccc3c(=O)n2C)cc1)OCc1ccccc1. The zero-order valence-electron chi connectivity index (χ0n) is 19.8.